The van der Waals surface area contributed by atoms with Gasteiger partial charge in [-0.15, -0.1) is 0 Å². The Morgan fingerprint density at radius 3 is 2.27 bits per heavy atom. The zero-order valence-corrected chi connectivity index (χ0v) is 25.4. The van der Waals surface area contributed by atoms with Crippen molar-refractivity contribution in [2.45, 2.75) is 27.4 Å². The van der Waals surface area contributed by atoms with Crippen LogP contribution >= 0.6 is 47.0 Å². The number of aryl methyl sites for hydroxylation is 2. The van der Waals surface area contributed by atoms with Crippen molar-refractivity contribution >= 4 is 75.7 Å². The zero-order valence-electron chi connectivity index (χ0n) is 22.3. The quantitative estimate of drug-likeness (QED) is 0.135. The monoisotopic (exact) mass is 623 g/mol. The van der Waals surface area contributed by atoms with Crippen LogP contribution in [-0.2, 0) is 16.2 Å². The van der Waals surface area contributed by atoms with Gasteiger partial charge in [0, 0.05) is 37.7 Å². The normalized spacial score (nSPS) is 14.5. The number of anilines is 1. The minimum Gasteiger partial charge on any atom is -0.489 e. The first-order valence-corrected chi connectivity index (χ1v) is 14.1. The lowest BCUT2D eigenvalue weighted by atomic mass is 10.1. The molecule has 208 valence electrons. The lowest BCUT2D eigenvalue weighted by molar-refractivity contribution is -0.122. The van der Waals surface area contributed by atoms with Gasteiger partial charge in [0.2, 0.25) is 0 Å². The number of nitrogens with one attached hydrogen (secondary N) is 1. The lowest BCUT2D eigenvalue weighted by Gasteiger charge is -2.29. The van der Waals surface area contributed by atoms with Gasteiger partial charge in [-0.05, 0) is 105 Å². The molecule has 1 N–H and O–H groups in total. The summed E-state index contributed by atoms with van der Waals surface area (Å²) < 4.78 is 7.95. The number of hydrogen-bond acceptors (Lipinski definition) is 4. The molecule has 0 spiro atoms. The van der Waals surface area contributed by atoms with Gasteiger partial charge in [0.05, 0.1) is 5.69 Å². The molecule has 0 atom stereocenters. The van der Waals surface area contributed by atoms with E-state index < -0.39 is 11.8 Å². The summed E-state index contributed by atoms with van der Waals surface area (Å²) >= 11 is 23.8. The topological polar surface area (TPSA) is 63.6 Å². The fourth-order valence-electron chi connectivity index (χ4n) is 4.59. The molecular weight excluding hydrogens is 601 g/mol. The van der Waals surface area contributed by atoms with E-state index in [1.54, 1.807) is 36.4 Å². The summed E-state index contributed by atoms with van der Waals surface area (Å²) in [5.41, 5.74) is 5.57. The number of carbonyl (C=O) groups excluding carboxylic acids is 2. The first kappa shape index (κ1) is 28.9. The molecule has 41 heavy (non-hydrogen) atoms. The van der Waals surface area contributed by atoms with Crippen LogP contribution in [0.2, 0.25) is 15.1 Å². The average molecular weight is 625 g/mol. The van der Waals surface area contributed by atoms with Crippen molar-refractivity contribution in [2.24, 2.45) is 0 Å². The molecule has 1 fully saturated rings. The third-order valence-corrected chi connectivity index (χ3v) is 8.07. The summed E-state index contributed by atoms with van der Waals surface area (Å²) in [6.45, 7) is 6.06. The first-order valence-electron chi connectivity index (χ1n) is 12.6. The van der Waals surface area contributed by atoms with Gasteiger partial charge >= 0.3 is 0 Å². The fourth-order valence-corrected chi connectivity index (χ4v) is 5.51. The fraction of sp³-hybridized carbons (Fsp3) is 0.129. The van der Waals surface area contributed by atoms with Crippen LogP contribution in [0.4, 0.5) is 5.69 Å². The van der Waals surface area contributed by atoms with Crippen molar-refractivity contribution in [1.82, 2.24) is 9.88 Å². The lowest BCUT2D eigenvalue weighted by Crippen LogP contribution is -2.54. The highest BCUT2D eigenvalue weighted by molar-refractivity contribution is 7.80. The molecule has 2 heterocycles. The smallest absolute Gasteiger partial charge is 0.270 e. The maximum Gasteiger partial charge on any atom is 0.270 e. The standard InChI is InChI=1S/C31H24Cl3N3O3S/c1-17-4-7-24(15-27(17)33)37-30(39)26(29(38)35-31(37)41)13-21-12-18(2)36(19(21)3)23-8-10-25(11-9-23)40-16-20-5-6-22(32)14-28(20)34/h4-15H,16H2,1-3H3,(H,35,38,41)/b26-13+. The third kappa shape index (κ3) is 5.90. The van der Waals surface area contributed by atoms with E-state index in [1.807, 2.05) is 61.7 Å². The van der Waals surface area contributed by atoms with E-state index in [0.717, 1.165) is 33.8 Å². The van der Waals surface area contributed by atoms with Crippen LogP contribution in [0.15, 0.2) is 72.3 Å². The summed E-state index contributed by atoms with van der Waals surface area (Å²) in [6, 6.07) is 20.0. The van der Waals surface area contributed by atoms with Crippen molar-refractivity contribution in [3.63, 3.8) is 0 Å². The molecule has 1 aromatic heterocycles. The summed E-state index contributed by atoms with van der Waals surface area (Å²) in [4.78, 5) is 27.6. The summed E-state index contributed by atoms with van der Waals surface area (Å²) in [6.07, 6.45) is 1.59. The van der Waals surface area contributed by atoms with Crippen molar-refractivity contribution in [1.29, 1.82) is 0 Å². The number of aromatic nitrogens is 1. The Morgan fingerprint density at radius 2 is 1.59 bits per heavy atom. The van der Waals surface area contributed by atoms with E-state index in [4.69, 9.17) is 51.8 Å². The van der Waals surface area contributed by atoms with Crippen molar-refractivity contribution in [2.75, 3.05) is 4.90 Å². The average Bonchev–Trinajstić information content (AvgIpc) is 3.20. The number of hydrogen-bond donors (Lipinski definition) is 1. The summed E-state index contributed by atoms with van der Waals surface area (Å²) in [7, 11) is 0. The molecule has 0 aliphatic carbocycles. The molecule has 0 radical (unpaired) electrons. The molecule has 1 aliphatic heterocycles. The minimum atomic E-state index is -0.554. The molecule has 0 bridgehead atoms. The molecule has 6 nitrogen and oxygen atoms in total. The van der Waals surface area contributed by atoms with Crippen LogP contribution in [0, 0.1) is 20.8 Å². The van der Waals surface area contributed by atoms with Crippen LogP contribution in [0.25, 0.3) is 11.8 Å². The Morgan fingerprint density at radius 1 is 0.878 bits per heavy atom. The molecule has 0 saturated carbocycles. The van der Waals surface area contributed by atoms with Gasteiger partial charge in [0.25, 0.3) is 11.8 Å². The Balaban J connectivity index is 1.39. The van der Waals surface area contributed by atoms with E-state index >= 15 is 0 Å². The second-order valence-electron chi connectivity index (χ2n) is 9.57. The molecule has 3 aromatic carbocycles. The number of rotatable bonds is 6. The number of halogens is 3. The highest BCUT2D eigenvalue weighted by Crippen LogP contribution is 2.29. The van der Waals surface area contributed by atoms with E-state index in [9.17, 15) is 9.59 Å². The van der Waals surface area contributed by atoms with Crippen LogP contribution in [0.5, 0.6) is 5.75 Å². The highest BCUT2D eigenvalue weighted by Gasteiger charge is 2.35. The molecule has 10 heteroatoms. The predicted molar refractivity (Wildman–Crippen MR) is 168 cm³/mol. The van der Waals surface area contributed by atoms with E-state index in [2.05, 4.69) is 5.32 Å². The van der Waals surface area contributed by atoms with Gasteiger partial charge in [-0.25, -0.2) is 0 Å². The maximum atomic E-state index is 13.5. The maximum absolute atomic E-state index is 13.5. The van der Waals surface area contributed by atoms with Gasteiger partial charge in [0.15, 0.2) is 5.11 Å². The Bertz CT molecular complexity index is 1750. The van der Waals surface area contributed by atoms with Crippen LogP contribution in [0.3, 0.4) is 0 Å². The zero-order chi connectivity index (χ0) is 29.4. The summed E-state index contributed by atoms with van der Waals surface area (Å²) in [5.74, 6) is -0.395. The Labute approximate surface area is 258 Å². The Kier molecular flexibility index (Phi) is 8.25. The van der Waals surface area contributed by atoms with Crippen molar-refractivity contribution < 1.29 is 14.3 Å². The number of nitrogens with zero attached hydrogens (tertiary/aromatic N) is 2. The van der Waals surface area contributed by atoms with E-state index in [0.29, 0.717) is 33.1 Å². The highest BCUT2D eigenvalue weighted by atomic mass is 35.5. The number of carbonyl (C=O) groups is 2. The third-order valence-electron chi connectivity index (χ3n) is 6.79. The molecular formula is C31H24Cl3N3O3S. The first-order chi connectivity index (χ1) is 19.5. The SMILES string of the molecule is Cc1ccc(N2C(=O)/C(=C/c3cc(C)n(-c4ccc(OCc5ccc(Cl)cc5Cl)cc4)c3C)C(=O)NC2=S)cc1Cl. The largest absolute Gasteiger partial charge is 0.489 e. The van der Waals surface area contributed by atoms with E-state index in [1.165, 1.54) is 4.90 Å². The molecule has 2 amide bonds. The van der Waals surface area contributed by atoms with Gasteiger partial charge in [0.1, 0.15) is 17.9 Å². The van der Waals surface area contributed by atoms with Crippen LogP contribution < -0.4 is 15.0 Å². The van der Waals surface area contributed by atoms with Crippen molar-refractivity contribution in [3.8, 4) is 11.4 Å². The number of benzene rings is 3. The number of thiocarbonyl (C=S) groups is 1. The number of amides is 2. The molecule has 1 aliphatic rings. The van der Waals surface area contributed by atoms with E-state index in [-0.39, 0.29) is 10.7 Å². The van der Waals surface area contributed by atoms with Gasteiger partial charge in [-0.2, -0.15) is 0 Å². The summed E-state index contributed by atoms with van der Waals surface area (Å²) in [5, 5.41) is 4.24. The second-order valence-corrected chi connectivity index (χ2v) is 11.2. The van der Waals surface area contributed by atoms with Gasteiger partial charge in [-0.1, -0.05) is 46.9 Å². The Hall–Kier alpha value is -3.62. The molecule has 5 rings (SSSR count). The van der Waals surface area contributed by atoms with Gasteiger partial charge in [-0.3, -0.25) is 19.8 Å². The number of ether oxygens (including phenoxy) is 1. The predicted octanol–water partition coefficient (Wildman–Crippen LogP) is 7.77. The second kappa shape index (κ2) is 11.7. The molecule has 4 aromatic rings. The van der Waals surface area contributed by atoms with Crippen molar-refractivity contribution in [3.05, 3.63) is 115 Å². The minimum absolute atomic E-state index is 0.00295. The molecule has 1 saturated heterocycles. The van der Waals surface area contributed by atoms with Crippen LogP contribution in [-0.4, -0.2) is 21.5 Å². The van der Waals surface area contributed by atoms with Gasteiger partial charge < -0.3 is 9.30 Å². The van der Waals surface area contributed by atoms with Crippen LogP contribution in [0.1, 0.15) is 28.1 Å². The molecule has 0 unspecified atom stereocenters.